The molecular weight excluding hydrogens is 212 g/mol. The van der Waals surface area contributed by atoms with Gasteiger partial charge < -0.3 is 5.32 Å². The van der Waals surface area contributed by atoms with Crippen molar-refractivity contribution in [3.8, 4) is 0 Å². The van der Waals surface area contributed by atoms with Crippen LogP contribution in [0.1, 0.15) is 25.7 Å². The third-order valence-corrected chi connectivity index (χ3v) is 4.15. The zero-order valence-electron chi connectivity index (χ0n) is 10.4. The largest absolute Gasteiger partial charge is 0.312 e. The Kier molecular flexibility index (Phi) is 3.43. The lowest BCUT2D eigenvalue weighted by molar-refractivity contribution is 0.204. The highest BCUT2D eigenvalue weighted by Crippen LogP contribution is 2.24. The molecule has 2 fully saturated rings. The summed E-state index contributed by atoms with van der Waals surface area (Å²) >= 11 is 0. The van der Waals surface area contributed by atoms with Crippen LogP contribution in [0, 0.1) is 0 Å². The molecule has 4 heteroatoms. The van der Waals surface area contributed by atoms with E-state index in [4.69, 9.17) is 0 Å². The molecule has 0 bridgehead atoms. The van der Waals surface area contributed by atoms with Gasteiger partial charge in [-0.25, -0.2) is 0 Å². The first-order chi connectivity index (χ1) is 8.43. The highest BCUT2D eigenvalue weighted by molar-refractivity contribution is 4.92. The van der Waals surface area contributed by atoms with E-state index >= 15 is 0 Å². The minimum atomic E-state index is 0.745. The van der Waals surface area contributed by atoms with Crippen molar-refractivity contribution in [2.75, 3.05) is 19.6 Å². The maximum Gasteiger partial charge on any atom is 0.0536 e. The van der Waals surface area contributed by atoms with E-state index in [2.05, 4.69) is 21.5 Å². The minimum Gasteiger partial charge on any atom is -0.312 e. The zero-order chi connectivity index (χ0) is 11.5. The fourth-order valence-electron chi connectivity index (χ4n) is 3.29. The van der Waals surface area contributed by atoms with E-state index in [-0.39, 0.29) is 0 Å². The quantitative estimate of drug-likeness (QED) is 0.847. The maximum atomic E-state index is 4.27. The number of rotatable bonds is 4. The minimum absolute atomic E-state index is 0.745. The summed E-state index contributed by atoms with van der Waals surface area (Å²) in [5.74, 6) is 0. The average Bonchev–Trinajstić information content (AvgIpc) is 3.09. The van der Waals surface area contributed by atoms with Crippen LogP contribution in [-0.4, -0.2) is 46.4 Å². The van der Waals surface area contributed by atoms with Crippen LogP contribution in [0.25, 0.3) is 0 Å². The van der Waals surface area contributed by atoms with Crippen LogP contribution in [0.15, 0.2) is 18.5 Å². The van der Waals surface area contributed by atoms with E-state index in [9.17, 15) is 0 Å². The summed E-state index contributed by atoms with van der Waals surface area (Å²) in [4.78, 5) is 2.66. The Morgan fingerprint density at radius 2 is 2.24 bits per heavy atom. The summed E-state index contributed by atoms with van der Waals surface area (Å²) in [7, 11) is 0. The molecule has 0 aromatic carbocycles. The molecule has 0 saturated carbocycles. The third-order valence-electron chi connectivity index (χ3n) is 4.15. The maximum absolute atomic E-state index is 4.27. The molecule has 1 N–H and O–H groups in total. The third kappa shape index (κ3) is 2.53. The van der Waals surface area contributed by atoms with Crippen molar-refractivity contribution in [3.05, 3.63) is 18.5 Å². The molecule has 2 atom stereocenters. The van der Waals surface area contributed by atoms with E-state index in [1.165, 1.54) is 38.8 Å². The zero-order valence-corrected chi connectivity index (χ0v) is 10.4. The van der Waals surface area contributed by atoms with Crippen LogP contribution in [0.4, 0.5) is 0 Å². The van der Waals surface area contributed by atoms with Crippen molar-refractivity contribution in [2.24, 2.45) is 0 Å². The standard InChI is InChI=1S/C13H22N4/c1-4-12(14-6-1)13-5-2-8-16(13)10-11-17-9-3-7-15-17/h3,7,9,12-14H,1-2,4-6,8,10-11H2. The van der Waals surface area contributed by atoms with Crippen molar-refractivity contribution in [1.29, 1.82) is 0 Å². The Labute approximate surface area is 103 Å². The molecule has 0 radical (unpaired) electrons. The van der Waals surface area contributed by atoms with Crippen LogP contribution in [0.5, 0.6) is 0 Å². The van der Waals surface area contributed by atoms with Crippen molar-refractivity contribution in [3.63, 3.8) is 0 Å². The van der Waals surface area contributed by atoms with Crippen molar-refractivity contribution in [2.45, 2.75) is 44.3 Å². The molecule has 1 aromatic heterocycles. The van der Waals surface area contributed by atoms with E-state index < -0.39 is 0 Å². The molecule has 1 aromatic rings. The summed E-state index contributed by atoms with van der Waals surface area (Å²) in [5, 5.41) is 7.93. The van der Waals surface area contributed by atoms with Gasteiger partial charge in [-0.2, -0.15) is 5.10 Å². The number of hydrogen-bond donors (Lipinski definition) is 1. The van der Waals surface area contributed by atoms with E-state index in [1.54, 1.807) is 0 Å². The molecule has 0 spiro atoms. The molecule has 2 saturated heterocycles. The second kappa shape index (κ2) is 5.19. The highest BCUT2D eigenvalue weighted by atomic mass is 15.3. The van der Waals surface area contributed by atoms with Gasteiger partial charge in [0.25, 0.3) is 0 Å². The van der Waals surface area contributed by atoms with Gasteiger partial charge in [-0.15, -0.1) is 0 Å². The number of hydrogen-bond acceptors (Lipinski definition) is 3. The molecule has 3 rings (SSSR count). The van der Waals surface area contributed by atoms with Crippen LogP contribution in [-0.2, 0) is 6.54 Å². The van der Waals surface area contributed by atoms with E-state index in [0.717, 1.165) is 25.2 Å². The Morgan fingerprint density at radius 3 is 3.00 bits per heavy atom. The summed E-state index contributed by atoms with van der Waals surface area (Å²) in [6.45, 7) is 4.65. The lowest BCUT2D eigenvalue weighted by atomic mass is 10.0. The topological polar surface area (TPSA) is 33.1 Å². The Bertz CT molecular complexity index is 329. The molecule has 2 aliphatic heterocycles. The summed E-state index contributed by atoms with van der Waals surface area (Å²) in [6, 6.07) is 3.52. The van der Waals surface area contributed by atoms with Crippen LogP contribution >= 0.6 is 0 Å². The van der Waals surface area contributed by atoms with Crippen molar-refractivity contribution >= 4 is 0 Å². The SMILES string of the molecule is c1cnn(CCN2CCCC2C2CCCN2)c1. The van der Waals surface area contributed by atoms with Gasteiger partial charge in [0.05, 0.1) is 6.54 Å². The van der Waals surface area contributed by atoms with Crippen molar-refractivity contribution < 1.29 is 0 Å². The van der Waals surface area contributed by atoms with E-state index in [0.29, 0.717) is 0 Å². The number of aromatic nitrogens is 2. The van der Waals surface area contributed by atoms with Gasteiger partial charge in [0.1, 0.15) is 0 Å². The van der Waals surface area contributed by atoms with Gasteiger partial charge in [-0.05, 0) is 44.8 Å². The molecule has 94 valence electrons. The van der Waals surface area contributed by atoms with E-state index in [1.807, 2.05) is 16.9 Å². The number of likely N-dealkylation sites (tertiary alicyclic amines) is 1. The smallest absolute Gasteiger partial charge is 0.0536 e. The van der Waals surface area contributed by atoms with Crippen LogP contribution in [0.3, 0.4) is 0 Å². The normalized spacial score (nSPS) is 30.1. The highest BCUT2D eigenvalue weighted by Gasteiger charge is 2.32. The van der Waals surface area contributed by atoms with Crippen molar-refractivity contribution in [1.82, 2.24) is 20.0 Å². The predicted molar refractivity (Wildman–Crippen MR) is 67.8 cm³/mol. The molecule has 0 amide bonds. The summed E-state index contributed by atoms with van der Waals surface area (Å²) in [6.07, 6.45) is 9.37. The van der Waals surface area contributed by atoms with Gasteiger partial charge in [0.2, 0.25) is 0 Å². The van der Waals surface area contributed by atoms with Gasteiger partial charge in [-0.1, -0.05) is 0 Å². The Morgan fingerprint density at radius 1 is 1.24 bits per heavy atom. The summed E-state index contributed by atoms with van der Waals surface area (Å²) in [5.41, 5.74) is 0. The molecular formula is C13H22N4. The second-order valence-electron chi connectivity index (χ2n) is 5.22. The van der Waals surface area contributed by atoms with Gasteiger partial charge >= 0.3 is 0 Å². The van der Waals surface area contributed by atoms with Gasteiger partial charge in [0, 0.05) is 31.0 Å². The van der Waals surface area contributed by atoms with Gasteiger partial charge in [-0.3, -0.25) is 9.58 Å². The average molecular weight is 234 g/mol. The first-order valence-corrected chi connectivity index (χ1v) is 6.88. The Hall–Kier alpha value is -0.870. The fraction of sp³-hybridized carbons (Fsp3) is 0.769. The molecule has 2 aliphatic rings. The second-order valence-corrected chi connectivity index (χ2v) is 5.22. The summed E-state index contributed by atoms with van der Waals surface area (Å²) < 4.78 is 2.04. The molecule has 0 aliphatic carbocycles. The monoisotopic (exact) mass is 234 g/mol. The predicted octanol–water partition coefficient (Wildman–Crippen LogP) is 1.10. The van der Waals surface area contributed by atoms with Crippen LogP contribution in [0.2, 0.25) is 0 Å². The first-order valence-electron chi connectivity index (χ1n) is 6.88. The molecule has 17 heavy (non-hydrogen) atoms. The lowest BCUT2D eigenvalue weighted by Crippen LogP contribution is -2.44. The fourth-order valence-corrected chi connectivity index (χ4v) is 3.29. The molecule has 4 nitrogen and oxygen atoms in total. The molecule has 3 heterocycles. The Balaban J connectivity index is 1.54. The van der Waals surface area contributed by atoms with Gasteiger partial charge in [0.15, 0.2) is 0 Å². The van der Waals surface area contributed by atoms with Crippen LogP contribution < -0.4 is 5.32 Å². The lowest BCUT2D eigenvalue weighted by Gasteiger charge is -2.29. The number of nitrogens with one attached hydrogen (secondary N) is 1. The molecule has 2 unspecified atom stereocenters. The first kappa shape index (κ1) is 11.2. The number of nitrogens with zero attached hydrogens (tertiary/aromatic N) is 3.